The van der Waals surface area contributed by atoms with Gasteiger partial charge in [-0.15, -0.1) is 0 Å². The number of methoxy groups -OCH3 is 1. The molecule has 1 rings (SSSR count). The van der Waals surface area contributed by atoms with E-state index in [9.17, 15) is 4.79 Å². The van der Waals surface area contributed by atoms with Gasteiger partial charge in [-0.2, -0.15) is 0 Å². The Kier molecular flexibility index (Phi) is 5.92. The van der Waals surface area contributed by atoms with Gasteiger partial charge in [0.15, 0.2) is 0 Å². The van der Waals surface area contributed by atoms with Crippen LogP contribution in [0.5, 0.6) is 0 Å². The summed E-state index contributed by atoms with van der Waals surface area (Å²) in [4.78, 5) is 11.7. The Morgan fingerprint density at radius 1 is 1.53 bits per heavy atom. The Labute approximate surface area is 104 Å². The fourth-order valence-corrected chi connectivity index (χ4v) is 1.97. The third kappa shape index (κ3) is 5.04. The molecule has 1 amide bonds. The average Bonchev–Trinajstić information content (AvgIpc) is 3.11. The minimum Gasteiger partial charge on any atom is -0.385 e. The smallest absolute Gasteiger partial charge is 0.236 e. The predicted molar refractivity (Wildman–Crippen MR) is 68.7 cm³/mol. The summed E-state index contributed by atoms with van der Waals surface area (Å²) in [6.45, 7) is 3.64. The van der Waals surface area contributed by atoms with E-state index in [0.29, 0.717) is 5.41 Å². The first kappa shape index (κ1) is 14.5. The van der Waals surface area contributed by atoms with E-state index in [1.807, 2.05) is 0 Å². The second-order valence-corrected chi connectivity index (χ2v) is 5.21. The van der Waals surface area contributed by atoms with E-state index in [4.69, 9.17) is 10.5 Å². The quantitative estimate of drug-likeness (QED) is 0.643. The van der Waals surface area contributed by atoms with Gasteiger partial charge in [0.2, 0.25) is 5.91 Å². The number of rotatable bonds is 9. The molecule has 100 valence electrons. The molecule has 0 bridgehead atoms. The molecule has 1 aliphatic carbocycles. The van der Waals surface area contributed by atoms with Crippen LogP contribution in [0.3, 0.4) is 0 Å². The molecule has 0 unspecified atom stereocenters. The lowest BCUT2D eigenvalue weighted by molar-refractivity contribution is -0.122. The SMILES string of the molecule is CCCC[C@H](N)C(=O)NCC1(CCOC)CC1. The number of amides is 1. The van der Waals surface area contributed by atoms with Crippen LogP contribution < -0.4 is 11.1 Å². The Morgan fingerprint density at radius 2 is 2.24 bits per heavy atom. The number of carbonyl (C=O) groups is 1. The maximum Gasteiger partial charge on any atom is 0.236 e. The van der Waals surface area contributed by atoms with E-state index in [1.165, 1.54) is 12.8 Å². The lowest BCUT2D eigenvalue weighted by Crippen LogP contribution is -2.42. The minimum atomic E-state index is -0.340. The van der Waals surface area contributed by atoms with Crippen molar-refractivity contribution in [2.75, 3.05) is 20.3 Å². The molecule has 0 aromatic carbocycles. The minimum absolute atomic E-state index is 0.00198. The molecule has 0 radical (unpaired) electrons. The topological polar surface area (TPSA) is 64.4 Å². The third-order valence-electron chi connectivity index (χ3n) is 3.64. The van der Waals surface area contributed by atoms with E-state index in [0.717, 1.165) is 38.8 Å². The Bertz CT molecular complexity index is 240. The molecule has 0 spiro atoms. The maximum absolute atomic E-state index is 11.7. The van der Waals surface area contributed by atoms with Gasteiger partial charge in [-0.25, -0.2) is 0 Å². The fraction of sp³-hybridized carbons (Fsp3) is 0.923. The van der Waals surface area contributed by atoms with Crippen molar-refractivity contribution in [3.05, 3.63) is 0 Å². The molecule has 0 heterocycles. The second kappa shape index (κ2) is 6.97. The molecule has 1 fully saturated rings. The Hall–Kier alpha value is -0.610. The first-order chi connectivity index (χ1) is 8.13. The summed E-state index contributed by atoms with van der Waals surface area (Å²) in [5.74, 6) is 0.00198. The highest BCUT2D eigenvalue weighted by molar-refractivity contribution is 5.81. The van der Waals surface area contributed by atoms with Crippen LogP contribution in [-0.2, 0) is 9.53 Å². The van der Waals surface area contributed by atoms with Crippen molar-refractivity contribution in [1.29, 1.82) is 0 Å². The van der Waals surface area contributed by atoms with E-state index >= 15 is 0 Å². The molecule has 0 aromatic heterocycles. The van der Waals surface area contributed by atoms with Gasteiger partial charge in [-0.1, -0.05) is 19.8 Å². The number of nitrogens with two attached hydrogens (primary N) is 1. The molecule has 0 saturated heterocycles. The van der Waals surface area contributed by atoms with Crippen LogP contribution in [0.2, 0.25) is 0 Å². The summed E-state index contributed by atoms with van der Waals surface area (Å²) in [6.07, 6.45) is 6.31. The Balaban J connectivity index is 2.18. The first-order valence-electron chi connectivity index (χ1n) is 6.66. The predicted octanol–water partition coefficient (Wildman–Crippen LogP) is 1.44. The van der Waals surface area contributed by atoms with Gasteiger partial charge in [-0.3, -0.25) is 4.79 Å². The van der Waals surface area contributed by atoms with Crippen molar-refractivity contribution in [1.82, 2.24) is 5.32 Å². The number of carbonyl (C=O) groups excluding carboxylic acids is 1. The van der Waals surface area contributed by atoms with Crippen LogP contribution in [0.4, 0.5) is 0 Å². The van der Waals surface area contributed by atoms with Gasteiger partial charge in [0, 0.05) is 20.3 Å². The fourth-order valence-electron chi connectivity index (χ4n) is 1.97. The van der Waals surface area contributed by atoms with Gasteiger partial charge in [0.25, 0.3) is 0 Å². The van der Waals surface area contributed by atoms with Crippen molar-refractivity contribution < 1.29 is 9.53 Å². The molecule has 1 saturated carbocycles. The zero-order chi connectivity index (χ0) is 12.7. The van der Waals surface area contributed by atoms with Crippen molar-refractivity contribution in [2.45, 2.75) is 51.5 Å². The standard InChI is InChI=1S/C13H26N2O2/c1-3-4-5-11(14)12(16)15-10-13(6-7-13)8-9-17-2/h11H,3-10,14H2,1-2H3,(H,15,16)/t11-/m0/s1. The van der Waals surface area contributed by atoms with E-state index in [-0.39, 0.29) is 11.9 Å². The highest BCUT2D eigenvalue weighted by Gasteiger charge is 2.42. The zero-order valence-corrected chi connectivity index (χ0v) is 11.1. The van der Waals surface area contributed by atoms with Crippen molar-refractivity contribution >= 4 is 5.91 Å². The monoisotopic (exact) mass is 242 g/mol. The van der Waals surface area contributed by atoms with Gasteiger partial charge in [0.1, 0.15) is 0 Å². The highest BCUT2D eigenvalue weighted by Crippen LogP contribution is 2.48. The molecule has 0 aliphatic heterocycles. The summed E-state index contributed by atoms with van der Waals surface area (Å²) in [6, 6.07) is -0.340. The van der Waals surface area contributed by atoms with Crippen LogP contribution in [-0.4, -0.2) is 32.2 Å². The number of hydrogen-bond acceptors (Lipinski definition) is 3. The summed E-state index contributed by atoms with van der Waals surface area (Å²) < 4.78 is 5.09. The van der Waals surface area contributed by atoms with E-state index in [2.05, 4.69) is 12.2 Å². The molecule has 4 heteroatoms. The van der Waals surface area contributed by atoms with Crippen LogP contribution in [0.25, 0.3) is 0 Å². The van der Waals surface area contributed by atoms with Gasteiger partial charge in [-0.05, 0) is 31.1 Å². The zero-order valence-electron chi connectivity index (χ0n) is 11.1. The maximum atomic E-state index is 11.7. The number of unbranched alkanes of at least 4 members (excludes halogenated alkanes) is 1. The Morgan fingerprint density at radius 3 is 2.76 bits per heavy atom. The average molecular weight is 242 g/mol. The van der Waals surface area contributed by atoms with Crippen molar-refractivity contribution in [2.24, 2.45) is 11.1 Å². The normalized spacial score (nSPS) is 18.8. The van der Waals surface area contributed by atoms with Gasteiger partial charge in [0.05, 0.1) is 6.04 Å². The molecule has 0 aromatic rings. The lowest BCUT2D eigenvalue weighted by Gasteiger charge is -2.17. The molecule has 17 heavy (non-hydrogen) atoms. The van der Waals surface area contributed by atoms with Gasteiger partial charge >= 0.3 is 0 Å². The van der Waals surface area contributed by atoms with E-state index < -0.39 is 0 Å². The lowest BCUT2D eigenvalue weighted by atomic mass is 10.0. The second-order valence-electron chi connectivity index (χ2n) is 5.21. The molecular formula is C13H26N2O2. The highest BCUT2D eigenvalue weighted by atomic mass is 16.5. The summed E-state index contributed by atoms with van der Waals surface area (Å²) >= 11 is 0. The van der Waals surface area contributed by atoms with Crippen LogP contribution in [0, 0.1) is 5.41 Å². The summed E-state index contributed by atoms with van der Waals surface area (Å²) in [7, 11) is 1.72. The van der Waals surface area contributed by atoms with Crippen molar-refractivity contribution in [3.63, 3.8) is 0 Å². The molecule has 3 N–H and O–H groups in total. The van der Waals surface area contributed by atoms with E-state index in [1.54, 1.807) is 7.11 Å². The summed E-state index contributed by atoms with van der Waals surface area (Å²) in [5.41, 5.74) is 6.12. The number of ether oxygens (including phenoxy) is 1. The van der Waals surface area contributed by atoms with Gasteiger partial charge < -0.3 is 15.8 Å². The number of nitrogens with one attached hydrogen (secondary N) is 1. The largest absolute Gasteiger partial charge is 0.385 e. The molecular weight excluding hydrogens is 216 g/mol. The van der Waals surface area contributed by atoms with Crippen LogP contribution in [0.15, 0.2) is 0 Å². The first-order valence-corrected chi connectivity index (χ1v) is 6.66. The van der Waals surface area contributed by atoms with Crippen molar-refractivity contribution in [3.8, 4) is 0 Å². The molecule has 1 atom stereocenters. The third-order valence-corrected chi connectivity index (χ3v) is 3.64. The molecule has 1 aliphatic rings. The van der Waals surface area contributed by atoms with Crippen LogP contribution >= 0.6 is 0 Å². The summed E-state index contributed by atoms with van der Waals surface area (Å²) in [5, 5.41) is 2.98. The molecule has 4 nitrogen and oxygen atoms in total. The number of hydrogen-bond donors (Lipinski definition) is 2. The van der Waals surface area contributed by atoms with Crippen LogP contribution in [0.1, 0.15) is 45.4 Å².